The number of alkyl halides is 3. The Morgan fingerprint density at radius 2 is 2.00 bits per heavy atom. The third kappa shape index (κ3) is 4.57. The molecule has 0 bridgehead atoms. The number of Topliss-reactive ketones (excluding diaryl/α,β-unsaturated/α-hetero) is 1. The first-order valence-corrected chi connectivity index (χ1v) is 9.47. The maximum atomic E-state index is 13.6. The summed E-state index contributed by atoms with van der Waals surface area (Å²) in [6.07, 6.45) is -5.87. The average molecular weight is 441 g/mol. The van der Waals surface area contributed by atoms with Gasteiger partial charge in [0.15, 0.2) is 11.5 Å². The quantitative estimate of drug-likeness (QED) is 0.543. The van der Waals surface area contributed by atoms with E-state index in [9.17, 15) is 33.0 Å². The molecule has 1 unspecified atom stereocenters. The van der Waals surface area contributed by atoms with E-state index in [0.29, 0.717) is 0 Å². The van der Waals surface area contributed by atoms with E-state index in [4.69, 9.17) is 5.11 Å². The Bertz CT molecular complexity index is 1030. The van der Waals surface area contributed by atoms with E-state index in [1.165, 1.54) is 18.2 Å². The van der Waals surface area contributed by atoms with E-state index in [2.05, 4.69) is 10.4 Å². The summed E-state index contributed by atoms with van der Waals surface area (Å²) in [6.45, 7) is 2.80. The Kier molecular flexibility index (Phi) is 5.85. The lowest BCUT2D eigenvalue weighted by Gasteiger charge is -2.29. The largest absolute Gasteiger partial charge is 0.478 e. The Balaban J connectivity index is 2.16. The average Bonchev–Trinajstić information content (AvgIpc) is 3.04. The summed E-state index contributed by atoms with van der Waals surface area (Å²) >= 11 is 0. The van der Waals surface area contributed by atoms with Crippen LogP contribution in [0.5, 0.6) is 0 Å². The topological polar surface area (TPSA) is 125 Å². The number of ketones is 1. The lowest BCUT2D eigenvalue weighted by Crippen LogP contribution is -2.29. The number of hydrogen-bond donors (Lipinski definition) is 4. The minimum atomic E-state index is -4.83. The lowest BCUT2D eigenvalue weighted by molar-refractivity contribution is -0.141. The number of nitrogens with one attached hydrogen (secondary N) is 1. The number of aromatic carboxylic acids is 1. The molecule has 0 spiro atoms. The van der Waals surface area contributed by atoms with Crippen LogP contribution in [0.3, 0.4) is 0 Å². The maximum absolute atomic E-state index is 13.6. The number of aliphatic hydroxyl groups is 2. The number of anilines is 1. The fraction of sp³-hybridized carbons (Fsp3) is 0.450. The van der Waals surface area contributed by atoms with Gasteiger partial charge >= 0.3 is 12.1 Å². The highest BCUT2D eigenvalue weighted by Crippen LogP contribution is 2.42. The highest BCUT2D eigenvalue weighted by atomic mass is 19.4. The molecule has 1 heterocycles. The molecule has 11 heteroatoms. The van der Waals surface area contributed by atoms with Gasteiger partial charge < -0.3 is 20.6 Å². The zero-order valence-electron chi connectivity index (χ0n) is 16.8. The zero-order chi connectivity index (χ0) is 23.1. The highest BCUT2D eigenvalue weighted by Gasteiger charge is 2.45. The predicted octanol–water partition coefficient (Wildman–Crippen LogP) is 2.51. The standard InChI is InChI=1S/C20H22F3N3O5/c1-19(2)6-14-16(15(29)7-19)17(20(21,22)23)25-26(14)10-3-4-12(18(30)31)13(5-10)24-8-11(28)9-27/h3-5,11,24,27-28H,6-9H2,1-2H3,(H,30,31). The number of nitrogens with zero attached hydrogens (tertiary/aromatic N) is 2. The Labute approximate surface area is 175 Å². The fourth-order valence-electron chi connectivity index (χ4n) is 3.65. The normalized spacial score (nSPS) is 16.7. The summed E-state index contributed by atoms with van der Waals surface area (Å²) in [5.74, 6) is -1.93. The van der Waals surface area contributed by atoms with Crippen LogP contribution >= 0.6 is 0 Å². The van der Waals surface area contributed by atoms with Crippen molar-refractivity contribution in [3.8, 4) is 5.69 Å². The van der Waals surface area contributed by atoms with E-state index in [-0.39, 0.29) is 42.0 Å². The van der Waals surface area contributed by atoms with Gasteiger partial charge in [0.05, 0.1) is 40.9 Å². The van der Waals surface area contributed by atoms with Crippen molar-refractivity contribution < 1.29 is 38.1 Å². The van der Waals surface area contributed by atoms with E-state index < -0.39 is 47.3 Å². The van der Waals surface area contributed by atoms with Gasteiger partial charge in [0, 0.05) is 13.0 Å². The van der Waals surface area contributed by atoms with Gasteiger partial charge in [-0.05, 0) is 30.0 Å². The predicted molar refractivity (Wildman–Crippen MR) is 104 cm³/mol. The summed E-state index contributed by atoms with van der Waals surface area (Å²) in [7, 11) is 0. The third-order valence-corrected chi connectivity index (χ3v) is 5.03. The van der Waals surface area contributed by atoms with Crippen molar-refractivity contribution in [2.45, 2.75) is 39.0 Å². The summed E-state index contributed by atoms with van der Waals surface area (Å²) in [5, 5.41) is 34.2. The smallest absolute Gasteiger partial charge is 0.435 e. The fourth-order valence-corrected chi connectivity index (χ4v) is 3.65. The van der Waals surface area contributed by atoms with E-state index >= 15 is 0 Å². The zero-order valence-corrected chi connectivity index (χ0v) is 16.8. The summed E-state index contributed by atoms with van der Waals surface area (Å²) in [6, 6.07) is 3.78. The molecule has 1 aromatic carbocycles. The van der Waals surface area contributed by atoms with Crippen LogP contribution in [-0.4, -0.2) is 56.1 Å². The minimum Gasteiger partial charge on any atom is -0.478 e. The molecule has 31 heavy (non-hydrogen) atoms. The van der Waals surface area contributed by atoms with Gasteiger partial charge in [0.1, 0.15) is 0 Å². The van der Waals surface area contributed by atoms with Gasteiger partial charge in [-0.1, -0.05) is 13.8 Å². The van der Waals surface area contributed by atoms with Crippen molar-refractivity contribution in [1.82, 2.24) is 9.78 Å². The van der Waals surface area contributed by atoms with Crippen LogP contribution < -0.4 is 5.32 Å². The number of rotatable bonds is 6. The molecule has 0 saturated heterocycles. The van der Waals surface area contributed by atoms with Gasteiger partial charge in [0.25, 0.3) is 0 Å². The molecule has 1 atom stereocenters. The van der Waals surface area contributed by atoms with Gasteiger partial charge in [-0.3, -0.25) is 4.79 Å². The van der Waals surface area contributed by atoms with Crippen molar-refractivity contribution in [3.05, 3.63) is 40.7 Å². The SMILES string of the molecule is CC1(C)CC(=O)c2c(C(F)(F)F)nn(-c3ccc(C(=O)O)c(NCC(O)CO)c3)c2C1. The molecule has 0 radical (unpaired) electrons. The first-order chi connectivity index (χ1) is 14.3. The molecule has 0 saturated carbocycles. The number of fused-ring (bicyclic) bond motifs is 1. The molecule has 2 aromatic rings. The number of carbonyl (C=O) groups is 2. The number of aliphatic hydroxyl groups excluding tert-OH is 2. The van der Waals surface area contributed by atoms with Crippen molar-refractivity contribution in [1.29, 1.82) is 0 Å². The van der Waals surface area contributed by atoms with Crippen molar-refractivity contribution in [3.63, 3.8) is 0 Å². The van der Waals surface area contributed by atoms with E-state index in [1.807, 2.05) is 0 Å². The number of hydrogen-bond acceptors (Lipinski definition) is 6. The van der Waals surface area contributed by atoms with Crippen LogP contribution in [0.15, 0.2) is 18.2 Å². The molecule has 8 nitrogen and oxygen atoms in total. The van der Waals surface area contributed by atoms with Gasteiger partial charge in [-0.15, -0.1) is 0 Å². The van der Waals surface area contributed by atoms with E-state index in [1.54, 1.807) is 13.8 Å². The third-order valence-electron chi connectivity index (χ3n) is 5.03. The number of carbonyl (C=O) groups excluding carboxylic acids is 1. The first-order valence-electron chi connectivity index (χ1n) is 9.47. The van der Waals surface area contributed by atoms with Crippen LogP contribution in [0.25, 0.3) is 5.69 Å². The maximum Gasteiger partial charge on any atom is 0.435 e. The van der Waals surface area contributed by atoms with Gasteiger partial charge in [0.2, 0.25) is 0 Å². The number of carboxylic acid groups (broad SMARTS) is 1. The highest BCUT2D eigenvalue weighted by molar-refractivity contribution is 6.00. The number of benzene rings is 1. The molecular weight excluding hydrogens is 419 g/mol. The summed E-state index contributed by atoms with van der Waals surface area (Å²) in [5.41, 5.74) is -2.21. The van der Waals surface area contributed by atoms with Gasteiger partial charge in [-0.2, -0.15) is 18.3 Å². The monoisotopic (exact) mass is 441 g/mol. The summed E-state index contributed by atoms with van der Waals surface area (Å²) in [4.78, 5) is 24.1. The lowest BCUT2D eigenvalue weighted by atomic mass is 9.75. The molecule has 1 aromatic heterocycles. The molecule has 3 rings (SSSR count). The van der Waals surface area contributed by atoms with Crippen molar-refractivity contribution in [2.75, 3.05) is 18.5 Å². The minimum absolute atomic E-state index is 0.0247. The molecule has 1 aliphatic carbocycles. The Morgan fingerprint density at radius 3 is 2.58 bits per heavy atom. The van der Waals surface area contributed by atoms with Crippen molar-refractivity contribution in [2.24, 2.45) is 5.41 Å². The van der Waals surface area contributed by atoms with E-state index in [0.717, 1.165) is 4.68 Å². The second kappa shape index (κ2) is 7.97. The Hall–Kier alpha value is -2.92. The Morgan fingerprint density at radius 1 is 1.32 bits per heavy atom. The van der Waals surface area contributed by atoms with Crippen LogP contribution in [0.2, 0.25) is 0 Å². The molecule has 0 aliphatic heterocycles. The molecule has 1 aliphatic rings. The number of halogens is 3. The first kappa shape index (κ1) is 22.8. The second-order valence-corrected chi connectivity index (χ2v) is 8.27. The molecule has 168 valence electrons. The van der Waals surface area contributed by atoms with Crippen LogP contribution in [0.1, 0.15) is 52.4 Å². The molecular formula is C20H22F3N3O5. The number of carboxylic acids is 1. The van der Waals surface area contributed by atoms with Gasteiger partial charge in [-0.25, -0.2) is 9.48 Å². The summed E-state index contributed by atoms with van der Waals surface area (Å²) < 4.78 is 41.8. The molecule has 4 N–H and O–H groups in total. The number of aromatic nitrogens is 2. The van der Waals surface area contributed by atoms with Crippen molar-refractivity contribution >= 4 is 17.4 Å². The second-order valence-electron chi connectivity index (χ2n) is 8.27. The van der Waals surface area contributed by atoms with Crippen LogP contribution in [0.4, 0.5) is 18.9 Å². The van der Waals surface area contributed by atoms with Crippen LogP contribution in [0, 0.1) is 5.41 Å². The van der Waals surface area contributed by atoms with Crippen LogP contribution in [-0.2, 0) is 12.6 Å². The molecule has 0 fully saturated rings. The molecule has 0 amide bonds.